The summed E-state index contributed by atoms with van der Waals surface area (Å²) in [6.07, 6.45) is -16.1. The van der Waals surface area contributed by atoms with Crippen LogP contribution in [-0.2, 0) is 4.79 Å². The second-order valence-electron chi connectivity index (χ2n) is 3.31. The first-order chi connectivity index (χ1) is 7.77. The van der Waals surface area contributed by atoms with Gasteiger partial charge in [-0.2, -0.15) is 0 Å². The lowest BCUT2D eigenvalue weighted by atomic mass is 10.1. The molecule has 4 unspecified atom stereocenters. The fourth-order valence-corrected chi connectivity index (χ4v) is 1.62. The van der Waals surface area contributed by atoms with Crippen molar-refractivity contribution in [3.63, 3.8) is 0 Å². The predicted octanol–water partition coefficient (Wildman–Crippen LogP) is 3.27. The number of rotatable bonds is 7. The van der Waals surface area contributed by atoms with E-state index in [2.05, 4.69) is 0 Å². The minimum atomic E-state index is -3.69. The molecule has 0 radical (unpaired) electrons. The third kappa shape index (κ3) is 6.18. The molecule has 102 valence electrons. The summed E-state index contributed by atoms with van der Waals surface area (Å²) in [5.41, 5.74) is 0. The van der Waals surface area contributed by atoms with Gasteiger partial charge in [0.25, 0.3) is 6.43 Å². The van der Waals surface area contributed by atoms with Crippen molar-refractivity contribution in [1.82, 2.24) is 0 Å². The van der Waals surface area contributed by atoms with Crippen LogP contribution in [0.3, 0.4) is 0 Å². The number of thioether (sulfide) groups is 1. The number of alkyl halides is 6. The van der Waals surface area contributed by atoms with Crippen molar-refractivity contribution in [1.29, 1.82) is 0 Å². The summed E-state index contributed by atoms with van der Waals surface area (Å²) in [6, 6.07) is 0. The van der Waals surface area contributed by atoms with Gasteiger partial charge in [0.2, 0.25) is 0 Å². The molecule has 17 heavy (non-hydrogen) atoms. The van der Waals surface area contributed by atoms with E-state index in [0.29, 0.717) is 11.8 Å². The van der Waals surface area contributed by atoms with Gasteiger partial charge in [0.1, 0.15) is 6.17 Å². The van der Waals surface area contributed by atoms with Gasteiger partial charge >= 0.3 is 0 Å². The van der Waals surface area contributed by atoms with Gasteiger partial charge in [0, 0.05) is 12.7 Å². The second-order valence-corrected chi connectivity index (χ2v) is 4.58. The molecule has 0 heterocycles. The first kappa shape index (κ1) is 16.6. The van der Waals surface area contributed by atoms with Crippen LogP contribution in [0.2, 0.25) is 0 Å². The summed E-state index contributed by atoms with van der Waals surface area (Å²) in [5, 5.41) is -0.333. The molecule has 0 fully saturated rings. The summed E-state index contributed by atoms with van der Waals surface area (Å²) in [4.78, 5) is 10.4. The maximum atomic E-state index is 13.0. The first-order valence-electron chi connectivity index (χ1n) is 4.75. The summed E-state index contributed by atoms with van der Waals surface area (Å²) < 4.78 is 74.4. The lowest BCUT2D eigenvalue weighted by Crippen LogP contribution is -2.38. The molecular formula is C9H12F6OS. The molecule has 0 saturated heterocycles. The molecule has 0 aliphatic heterocycles. The van der Waals surface area contributed by atoms with Crippen LogP contribution in [0.25, 0.3) is 0 Å². The third-order valence-electron chi connectivity index (χ3n) is 1.89. The smallest absolute Gasteiger partial charge is 0.272 e. The quantitative estimate of drug-likeness (QED) is 0.667. The van der Waals surface area contributed by atoms with Crippen molar-refractivity contribution in [3.05, 3.63) is 0 Å². The highest BCUT2D eigenvalue weighted by Crippen LogP contribution is 2.24. The van der Waals surface area contributed by atoms with Crippen LogP contribution in [0.1, 0.15) is 13.3 Å². The molecule has 0 aromatic heterocycles. The molecule has 0 aliphatic carbocycles. The van der Waals surface area contributed by atoms with E-state index in [1.165, 1.54) is 6.92 Å². The van der Waals surface area contributed by atoms with E-state index < -0.39 is 37.5 Å². The van der Waals surface area contributed by atoms with E-state index in [1.54, 1.807) is 0 Å². The Morgan fingerprint density at radius 1 is 1.00 bits per heavy atom. The normalized spacial score (nSPS) is 18.8. The molecule has 4 atom stereocenters. The van der Waals surface area contributed by atoms with E-state index in [4.69, 9.17) is 0 Å². The van der Waals surface area contributed by atoms with Gasteiger partial charge in [-0.1, -0.05) is 11.8 Å². The molecule has 0 aromatic carbocycles. The van der Waals surface area contributed by atoms with Gasteiger partial charge in [-0.15, -0.1) is 0 Å². The Morgan fingerprint density at radius 3 is 1.94 bits per heavy atom. The molecule has 1 nitrogen and oxygen atoms in total. The van der Waals surface area contributed by atoms with Gasteiger partial charge < -0.3 is 0 Å². The van der Waals surface area contributed by atoms with Gasteiger partial charge in [-0.05, 0) is 6.42 Å². The highest BCUT2D eigenvalue weighted by Gasteiger charge is 2.40. The number of halogens is 6. The maximum absolute atomic E-state index is 13.0. The van der Waals surface area contributed by atoms with Crippen molar-refractivity contribution in [2.75, 3.05) is 5.75 Å². The zero-order valence-corrected chi connectivity index (χ0v) is 9.70. The highest BCUT2D eigenvalue weighted by molar-refractivity contribution is 8.13. The molecule has 0 saturated carbocycles. The van der Waals surface area contributed by atoms with Crippen LogP contribution in [-0.4, -0.2) is 42.0 Å². The number of carbonyl (C=O) groups is 1. The topological polar surface area (TPSA) is 17.1 Å². The Balaban J connectivity index is 4.10. The lowest BCUT2D eigenvalue weighted by molar-refractivity contribution is -0.109. The van der Waals surface area contributed by atoms with E-state index in [-0.39, 0.29) is 10.9 Å². The molecule has 0 aromatic rings. The molecule has 0 N–H and O–H groups in total. The van der Waals surface area contributed by atoms with Crippen LogP contribution in [0, 0.1) is 0 Å². The molecule has 0 bridgehead atoms. The minimum absolute atomic E-state index is 0.116. The van der Waals surface area contributed by atoms with Crippen molar-refractivity contribution in [3.8, 4) is 0 Å². The van der Waals surface area contributed by atoms with E-state index in [0.717, 1.165) is 0 Å². The van der Waals surface area contributed by atoms with Crippen LogP contribution in [0.5, 0.6) is 0 Å². The molecule has 8 heteroatoms. The zero-order valence-electron chi connectivity index (χ0n) is 8.89. The Kier molecular flexibility index (Phi) is 7.65. The Hall–Kier alpha value is -0.400. The second kappa shape index (κ2) is 7.84. The first-order valence-corrected chi connectivity index (χ1v) is 5.73. The molecule has 0 aliphatic rings. The van der Waals surface area contributed by atoms with E-state index >= 15 is 0 Å². The van der Waals surface area contributed by atoms with Gasteiger partial charge in [-0.3, -0.25) is 4.79 Å². The fourth-order valence-electron chi connectivity index (χ4n) is 0.989. The summed E-state index contributed by atoms with van der Waals surface area (Å²) in [7, 11) is 0. The molecule has 0 amide bonds. The molecule has 0 spiro atoms. The van der Waals surface area contributed by atoms with Crippen LogP contribution in [0.15, 0.2) is 0 Å². The monoisotopic (exact) mass is 282 g/mol. The summed E-state index contributed by atoms with van der Waals surface area (Å²) >= 11 is 0.694. The number of hydrogen-bond acceptors (Lipinski definition) is 2. The Bertz CT molecular complexity index is 240. The van der Waals surface area contributed by atoms with E-state index in [9.17, 15) is 31.1 Å². The van der Waals surface area contributed by atoms with Crippen LogP contribution < -0.4 is 0 Å². The lowest BCUT2D eigenvalue weighted by Gasteiger charge is -2.19. The average molecular weight is 282 g/mol. The van der Waals surface area contributed by atoms with Crippen molar-refractivity contribution in [2.45, 2.75) is 44.5 Å². The summed E-state index contributed by atoms with van der Waals surface area (Å²) in [6.45, 7) is 1.21. The standard InChI is InChI=1S/C9H12F6OS/c1-4(16)17-3-2-5(10)6(11)7(12)8(13)9(14)15/h5-9H,2-3H2,1H3. The van der Waals surface area contributed by atoms with Gasteiger partial charge in [0.05, 0.1) is 0 Å². The van der Waals surface area contributed by atoms with Gasteiger partial charge in [-0.25, -0.2) is 26.3 Å². The number of hydrogen-bond donors (Lipinski definition) is 0. The number of carbonyl (C=O) groups excluding carboxylic acids is 1. The largest absolute Gasteiger partial charge is 0.288 e. The van der Waals surface area contributed by atoms with Crippen LogP contribution in [0.4, 0.5) is 26.3 Å². The van der Waals surface area contributed by atoms with Crippen molar-refractivity contribution in [2.24, 2.45) is 0 Å². The predicted molar refractivity (Wildman–Crippen MR) is 53.3 cm³/mol. The van der Waals surface area contributed by atoms with Crippen molar-refractivity contribution < 1.29 is 31.1 Å². The van der Waals surface area contributed by atoms with Gasteiger partial charge in [0.15, 0.2) is 23.6 Å². The zero-order chi connectivity index (χ0) is 13.6. The molecule has 0 rings (SSSR count). The summed E-state index contributed by atoms with van der Waals surface area (Å²) in [5.74, 6) is -0.116. The van der Waals surface area contributed by atoms with Crippen LogP contribution >= 0.6 is 11.8 Å². The Labute approximate surface area is 98.9 Å². The fraction of sp³-hybridized carbons (Fsp3) is 0.889. The average Bonchev–Trinajstić information content (AvgIpc) is 2.25. The third-order valence-corrected chi connectivity index (χ3v) is 2.74. The highest BCUT2D eigenvalue weighted by atomic mass is 32.2. The van der Waals surface area contributed by atoms with E-state index in [1.807, 2.05) is 0 Å². The molecular weight excluding hydrogens is 270 g/mol. The maximum Gasteiger partial charge on any atom is 0.272 e. The Morgan fingerprint density at radius 2 is 1.53 bits per heavy atom. The van der Waals surface area contributed by atoms with Crippen molar-refractivity contribution >= 4 is 16.9 Å². The minimum Gasteiger partial charge on any atom is -0.288 e. The SMILES string of the molecule is CC(=O)SCCC(F)C(F)C(F)C(F)C(F)F.